The van der Waals surface area contributed by atoms with E-state index in [2.05, 4.69) is 15.4 Å². The average Bonchev–Trinajstić information content (AvgIpc) is 3.32. The van der Waals surface area contributed by atoms with E-state index in [0.29, 0.717) is 30.2 Å². The van der Waals surface area contributed by atoms with E-state index in [4.69, 9.17) is 10.5 Å². The van der Waals surface area contributed by atoms with Crippen molar-refractivity contribution >= 4 is 23.2 Å². The van der Waals surface area contributed by atoms with E-state index in [9.17, 15) is 14.7 Å². The molecular formula is C20H22N6O4. The van der Waals surface area contributed by atoms with Crippen LogP contribution in [0.25, 0.3) is 16.6 Å². The second-order valence-corrected chi connectivity index (χ2v) is 7.36. The molecule has 0 saturated carbocycles. The largest absolute Gasteiger partial charge is 0.481 e. The number of carbonyl (C=O) groups is 2. The first-order valence-corrected chi connectivity index (χ1v) is 9.43. The quantitative estimate of drug-likeness (QED) is 0.585. The minimum Gasteiger partial charge on any atom is -0.481 e. The fraction of sp³-hybridized carbons (Fsp3) is 0.300. The maximum absolute atomic E-state index is 12.0. The predicted octanol–water partition coefficient (Wildman–Crippen LogP) is 1.91. The number of ether oxygens (including phenoxy) is 1. The number of likely N-dealkylation sites (tertiary alicyclic amines) is 1. The third-order valence-electron chi connectivity index (χ3n) is 5.39. The van der Waals surface area contributed by atoms with Crippen molar-refractivity contribution in [2.45, 2.75) is 13.0 Å². The Morgan fingerprint density at radius 3 is 2.67 bits per heavy atom. The summed E-state index contributed by atoms with van der Waals surface area (Å²) in [6.45, 7) is 2.71. The molecule has 2 atom stereocenters. The van der Waals surface area contributed by atoms with Crippen LogP contribution >= 0.6 is 0 Å². The van der Waals surface area contributed by atoms with Crippen LogP contribution in [0.15, 0.2) is 36.8 Å². The molecule has 156 valence electrons. The van der Waals surface area contributed by atoms with E-state index in [0.717, 1.165) is 11.1 Å². The SMILES string of the molecule is COc1ccc(-c2cc3c(NC4CN(C(=O)O)CC4C)c(C(N)=O)cnn3c2)cn1. The van der Waals surface area contributed by atoms with Crippen LogP contribution < -0.4 is 15.8 Å². The molecule has 1 fully saturated rings. The maximum atomic E-state index is 12.0. The van der Waals surface area contributed by atoms with Crippen LogP contribution in [-0.4, -0.2) is 62.8 Å². The molecule has 0 radical (unpaired) electrons. The Balaban J connectivity index is 1.74. The van der Waals surface area contributed by atoms with Crippen LogP contribution in [0.5, 0.6) is 5.88 Å². The number of fused-ring (bicyclic) bond motifs is 1. The molecule has 10 nitrogen and oxygen atoms in total. The van der Waals surface area contributed by atoms with Crippen molar-refractivity contribution in [2.75, 3.05) is 25.5 Å². The number of rotatable bonds is 5. The minimum atomic E-state index is -0.960. The van der Waals surface area contributed by atoms with Crippen molar-refractivity contribution < 1.29 is 19.4 Å². The second-order valence-electron chi connectivity index (χ2n) is 7.36. The van der Waals surface area contributed by atoms with E-state index in [1.54, 1.807) is 23.9 Å². The number of hydrogen-bond donors (Lipinski definition) is 3. The van der Waals surface area contributed by atoms with Gasteiger partial charge in [-0.1, -0.05) is 6.92 Å². The topological polar surface area (TPSA) is 135 Å². The molecule has 1 aliphatic heterocycles. The van der Waals surface area contributed by atoms with Gasteiger partial charge in [-0.3, -0.25) is 4.79 Å². The number of nitrogens with one attached hydrogen (secondary N) is 1. The molecule has 0 aliphatic carbocycles. The number of primary amides is 1. The van der Waals surface area contributed by atoms with Crippen LogP contribution in [0.4, 0.5) is 10.5 Å². The average molecular weight is 410 g/mol. The Kier molecular flexibility index (Phi) is 4.90. The summed E-state index contributed by atoms with van der Waals surface area (Å²) in [5.74, 6) is -0.0328. The van der Waals surface area contributed by atoms with Crippen LogP contribution in [0.2, 0.25) is 0 Å². The Bertz CT molecular complexity index is 1110. The van der Waals surface area contributed by atoms with Crippen LogP contribution in [0.3, 0.4) is 0 Å². The molecule has 4 rings (SSSR count). The lowest BCUT2D eigenvalue weighted by Gasteiger charge is -2.20. The zero-order valence-electron chi connectivity index (χ0n) is 16.6. The third-order valence-corrected chi connectivity index (χ3v) is 5.39. The zero-order valence-corrected chi connectivity index (χ0v) is 16.6. The number of carbonyl (C=O) groups excluding carboxylic acids is 1. The highest BCUT2D eigenvalue weighted by atomic mass is 16.5. The second kappa shape index (κ2) is 7.54. The van der Waals surface area contributed by atoms with Crippen LogP contribution in [0.1, 0.15) is 17.3 Å². The summed E-state index contributed by atoms with van der Waals surface area (Å²) in [6.07, 6.45) is 3.98. The summed E-state index contributed by atoms with van der Waals surface area (Å²) in [6, 6.07) is 5.37. The van der Waals surface area contributed by atoms with Gasteiger partial charge in [0, 0.05) is 48.7 Å². The standard InChI is InChI=1S/C20H22N6O4/c1-11-8-25(20(28)29)10-15(11)24-18-14(19(21)27)7-23-26-9-13(5-16(18)26)12-3-4-17(30-2)22-6-12/h3-7,9,11,15,24H,8,10H2,1-2H3,(H2,21,27)(H,28,29). The summed E-state index contributed by atoms with van der Waals surface area (Å²) < 4.78 is 6.75. The van der Waals surface area contributed by atoms with Crippen molar-refractivity contribution in [3.63, 3.8) is 0 Å². The molecule has 30 heavy (non-hydrogen) atoms. The molecule has 2 amide bonds. The van der Waals surface area contributed by atoms with Gasteiger partial charge in [0.25, 0.3) is 5.91 Å². The number of anilines is 1. The van der Waals surface area contributed by atoms with Gasteiger partial charge < -0.3 is 25.8 Å². The van der Waals surface area contributed by atoms with Crippen molar-refractivity contribution in [1.29, 1.82) is 0 Å². The van der Waals surface area contributed by atoms with Gasteiger partial charge in [0.05, 0.1) is 30.1 Å². The number of aromatic nitrogens is 3. The van der Waals surface area contributed by atoms with E-state index in [-0.39, 0.29) is 17.5 Å². The fourth-order valence-corrected chi connectivity index (χ4v) is 3.72. The summed E-state index contributed by atoms with van der Waals surface area (Å²) in [5.41, 5.74) is 8.75. The normalized spacial score (nSPS) is 18.5. The van der Waals surface area contributed by atoms with Crippen molar-refractivity contribution in [3.05, 3.63) is 42.4 Å². The number of nitrogens with two attached hydrogens (primary N) is 1. The molecule has 3 aromatic heterocycles. The maximum Gasteiger partial charge on any atom is 0.407 e. The van der Waals surface area contributed by atoms with Crippen LogP contribution in [0, 0.1) is 5.92 Å². The molecule has 10 heteroatoms. The van der Waals surface area contributed by atoms with E-state index >= 15 is 0 Å². The number of nitrogens with zero attached hydrogens (tertiary/aromatic N) is 4. The first-order chi connectivity index (χ1) is 14.4. The monoisotopic (exact) mass is 410 g/mol. The van der Waals surface area contributed by atoms with Gasteiger partial charge >= 0.3 is 6.09 Å². The summed E-state index contributed by atoms with van der Waals surface area (Å²) in [7, 11) is 1.55. The molecule has 0 bridgehead atoms. The summed E-state index contributed by atoms with van der Waals surface area (Å²) in [5, 5.41) is 16.9. The highest BCUT2D eigenvalue weighted by Crippen LogP contribution is 2.31. The van der Waals surface area contributed by atoms with Gasteiger partial charge in [0.2, 0.25) is 5.88 Å². The van der Waals surface area contributed by atoms with Gasteiger partial charge in [0.15, 0.2) is 0 Å². The van der Waals surface area contributed by atoms with E-state index < -0.39 is 12.0 Å². The molecule has 1 saturated heterocycles. The molecule has 4 heterocycles. The Morgan fingerprint density at radius 1 is 1.27 bits per heavy atom. The summed E-state index contributed by atoms with van der Waals surface area (Å²) in [4.78, 5) is 29.0. The zero-order chi connectivity index (χ0) is 21.4. The molecule has 4 N–H and O–H groups in total. The van der Waals surface area contributed by atoms with Crippen LogP contribution in [-0.2, 0) is 0 Å². The lowest BCUT2D eigenvalue weighted by molar-refractivity contribution is 0.100. The van der Waals surface area contributed by atoms with Gasteiger partial charge in [-0.15, -0.1) is 0 Å². The number of pyridine rings is 1. The molecule has 0 spiro atoms. The number of carboxylic acid groups (broad SMARTS) is 1. The lowest BCUT2D eigenvalue weighted by Crippen LogP contribution is -2.31. The minimum absolute atomic E-state index is 0.0651. The molecular weight excluding hydrogens is 388 g/mol. The van der Waals surface area contributed by atoms with Crippen molar-refractivity contribution in [2.24, 2.45) is 11.7 Å². The van der Waals surface area contributed by atoms with Gasteiger partial charge in [-0.25, -0.2) is 14.3 Å². The fourth-order valence-electron chi connectivity index (χ4n) is 3.72. The van der Waals surface area contributed by atoms with Gasteiger partial charge in [-0.2, -0.15) is 5.10 Å². The smallest absolute Gasteiger partial charge is 0.407 e. The first kappa shape index (κ1) is 19.5. The number of hydrogen-bond acceptors (Lipinski definition) is 6. The third kappa shape index (κ3) is 3.47. The molecule has 0 aromatic carbocycles. The van der Waals surface area contributed by atoms with E-state index in [1.807, 2.05) is 25.3 Å². The number of amides is 2. The molecule has 2 unspecified atom stereocenters. The molecule has 3 aromatic rings. The highest BCUT2D eigenvalue weighted by molar-refractivity contribution is 6.02. The highest BCUT2D eigenvalue weighted by Gasteiger charge is 2.33. The summed E-state index contributed by atoms with van der Waals surface area (Å²) >= 11 is 0. The Labute approximate surface area is 172 Å². The Hall–Kier alpha value is -3.82. The van der Waals surface area contributed by atoms with Gasteiger partial charge in [-0.05, 0) is 18.1 Å². The van der Waals surface area contributed by atoms with Crippen molar-refractivity contribution in [3.8, 4) is 17.0 Å². The predicted molar refractivity (Wildman–Crippen MR) is 110 cm³/mol. The van der Waals surface area contributed by atoms with E-state index in [1.165, 1.54) is 11.1 Å². The molecule has 1 aliphatic rings. The number of methoxy groups -OCH3 is 1. The first-order valence-electron chi connectivity index (χ1n) is 9.43. The van der Waals surface area contributed by atoms with Gasteiger partial charge in [0.1, 0.15) is 0 Å². The lowest BCUT2D eigenvalue weighted by atomic mass is 10.1. The Morgan fingerprint density at radius 2 is 2.07 bits per heavy atom. The van der Waals surface area contributed by atoms with Crippen molar-refractivity contribution in [1.82, 2.24) is 19.5 Å².